The normalized spacial score (nSPS) is 20.4. The van der Waals surface area contributed by atoms with Crippen LogP contribution in [0.15, 0.2) is 0 Å². The predicted octanol–water partition coefficient (Wildman–Crippen LogP) is -0.443. The second-order valence-corrected chi connectivity index (χ2v) is 3.33. The molecule has 0 spiro atoms. The first-order valence-corrected chi connectivity index (χ1v) is 4.88. The van der Waals surface area contributed by atoms with Gasteiger partial charge in [0, 0.05) is 19.5 Å². The molecular weight excluding hydrogens is 184 g/mol. The number of carbonyl (C=O) groups excluding carboxylic acids is 1. The van der Waals surface area contributed by atoms with Crippen LogP contribution in [0.2, 0.25) is 0 Å². The minimum Gasteiger partial charge on any atom is -0.469 e. The molecule has 0 saturated carbocycles. The quantitative estimate of drug-likeness (QED) is 0.626. The molecule has 1 unspecified atom stereocenters. The summed E-state index contributed by atoms with van der Waals surface area (Å²) in [5.41, 5.74) is 5.91. The molecule has 0 amide bonds. The van der Waals surface area contributed by atoms with E-state index in [9.17, 15) is 4.79 Å². The van der Waals surface area contributed by atoms with Crippen molar-refractivity contribution in [2.45, 2.75) is 19.0 Å². The van der Waals surface area contributed by atoms with E-state index in [0.29, 0.717) is 12.8 Å². The number of ether oxygens (including phenoxy) is 2. The van der Waals surface area contributed by atoms with Crippen LogP contribution >= 0.6 is 0 Å². The van der Waals surface area contributed by atoms with E-state index in [2.05, 4.69) is 9.64 Å². The van der Waals surface area contributed by atoms with Gasteiger partial charge >= 0.3 is 5.97 Å². The van der Waals surface area contributed by atoms with Crippen molar-refractivity contribution in [3.63, 3.8) is 0 Å². The molecule has 5 heteroatoms. The molecule has 0 bridgehead atoms. The lowest BCUT2D eigenvalue weighted by Gasteiger charge is -2.31. The number of hydrogen-bond donors (Lipinski definition) is 1. The van der Waals surface area contributed by atoms with Crippen molar-refractivity contribution in [2.24, 2.45) is 5.73 Å². The molecule has 0 aromatic rings. The molecule has 82 valence electrons. The van der Waals surface area contributed by atoms with Crippen molar-refractivity contribution >= 4 is 5.97 Å². The second-order valence-electron chi connectivity index (χ2n) is 3.33. The van der Waals surface area contributed by atoms with Crippen LogP contribution in [0.5, 0.6) is 0 Å². The summed E-state index contributed by atoms with van der Waals surface area (Å²) >= 11 is 0. The molecule has 1 saturated heterocycles. The first kappa shape index (κ1) is 11.4. The van der Waals surface area contributed by atoms with Gasteiger partial charge in [0.1, 0.15) is 0 Å². The van der Waals surface area contributed by atoms with E-state index in [-0.39, 0.29) is 12.1 Å². The fraction of sp³-hybridized carbons (Fsp3) is 0.889. The molecule has 1 heterocycles. The molecule has 1 aliphatic heterocycles. The molecule has 0 radical (unpaired) electrons. The number of morpholine rings is 1. The van der Waals surface area contributed by atoms with Gasteiger partial charge in [0.25, 0.3) is 0 Å². The van der Waals surface area contributed by atoms with Crippen LogP contribution in [0.3, 0.4) is 0 Å². The van der Waals surface area contributed by atoms with E-state index in [1.54, 1.807) is 0 Å². The maximum atomic E-state index is 10.9. The summed E-state index contributed by atoms with van der Waals surface area (Å²) in [4.78, 5) is 13.0. The van der Waals surface area contributed by atoms with Gasteiger partial charge < -0.3 is 15.2 Å². The fourth-order valence-electron chi connectivity index (χ4n) is 1.46. The Morgan fingerprint density at radius 2 is 2.21 bits per heavy atom. The van der Waals surface area contributed by atoms with E-state index in [1.807, 2.05) is 0 Å². The van der Waals surface area contributed by atoms with Crippen molar-refractivity contribution < 1.29 is 14.3 Å². The Labute approximate surface area is 84.1 Å². The Balaban J connectivity index is 2.19. The van der Waals surface area contributed by atoms with Crippen molar-refractivity contribution in [2.75, 3.05) is 33.4 Å². The second kappa shape index (κ2) is 5.95. The number of esters is 1. The van der Waals surface area contributed by atoms with Crippen LogP contribution in [0, 0.1) is 0 Å². The predicted molar refractivity (Wildman–Crippen MR) is 51.6 cm³/mol. The van der Waals surface area contributed by atoms with Gasteiger partial charge in [-0.2, -0.15) is 0 Å². The van der Waals surface area contributed by atoms with Crippen LogP contribution in [0.4, 0.5) is 0 Å². The molecule has 0 aromatic carbocycles. The highest BCUT2D eigenvalue weighted by Gasteiger charge is 2.17. The van der Waals surface area contributed by atoms with Gasteiger partial charge in [0.2, 0.25) is 0 Å². The third kappa shape index (κ3) is 3.61. The first-order valence-electron chi connectivity index (χ1n) is 4.88. The maximum Gasteiger partial charge on any atom is 0.305 e. The number of methoxy groups -OCH3 is 1. The Morgan fingerprint density at radius 1 is 1.57 bits per heavy atom. The molecular formula is C9H18N2O3. The van der Waals surface area contributed by atoms with E-state index in [4.69, 9.17) is 10.5 Å². The molecule has 5 nitrogen and oxygen atoms in total. The highest BCUT2D eigenvalue weighted by Crippen LogP contribution is 2.05. The van der Waals surface area contributed by atoms with Gasteiger partial charge in [-0.15, -0.1) is 0 Å². The van der Waals surface area contributed by atoms with Gasteiger partial charge in [-0.3, -0.25) is 9.69 Å². The number of nitrogens with two attached hydrogens (primary N) is 1. The third-order valence-electron chi connectivity index (χ3n) is 2.39. The SMILES string of the molecule is COC(=O)CCC(N)N1CCOCC1. The third-order valence-corrected chi connectivity index (χ3v) is 2.39. The minimum atomic E-state index is -0.200. The van der Waals surface area contributed by atoms with Crippen molar-refractivity contribution in [3.8, 4) is 0 Å². The monoisotopic (exact) mass is 202 g/mol. The summed E-state index contributed by atoms with van der Waals surface area (Å²) in [6.07, 6.45) is 0.972. The zero-order valence-electron chi connectivity index (χ0n) is 8.57. The number of hydrogen-bond acceptors (Lipinski definition) is 5. The summed E-state index contributed by atoms with van der Waals surface area (Å²) < 4.78 is 9.76. The smallest absolute Gasteiger partial charge is 0.305 e. The molecule has 1 atom stereocenters. The average molecular weight is 202 g/mol. The van der Waals surface area contributed by atoms with Gasteiger partial charge in [-0.25, -0.2) is 0 Å². The topological polar surface area (TPSA) is 64.8 Å². The van der Waals surface area contributed by atoms with Crippen LogP contribution in [0.1, 0.15) is 12.8 Å². The molecule has 1 rings (SSSR count). The maximum absolute atomic E-state index is 10.9. The van der Waals surface area contributed by atoms with Gasteiger partial charge in [-0.1, -0.05) is 0 Å². The molecule has 1 fully saturated rings. The molecule has 0 aromatic heterocycles. The van der Waals surface area contributed by atoms with Gasteiger partial charge in [0.05, 0.1) is 26.5 Å². The largest absolute Gasteiger partial charge is 0.469 e. The molecule has 2 N–H and O–H groups in total. The fourth-order valence-corrected chi connectivity index (χ4v) is 1.46. The standard InChI is InChI=1S/C9H18N2O3/c1-13-9(12)3-2-8(10)11-4-6-14-7-5-11/h8H,2-7,10H2,1H3. The first-order chi connectivity index (χ1) is 6.74. The molecule has 0 aliphatic carbocycles. The summed E-state index contributed by atoms with van der Waals surface area (Å²) in [5.74, 6) is -0.200. The van der Waals surface area contributed by atoms with Gasteiger partial charge in [0.15, 0.2) is 0 Å². The molecule has 1 aliphatic rings. The lowest BCUT2D eigenvalue weighted by Crippen LogP contribution is -2.48. The van der Waals surface area contributed by atoms with Crippen molar-refractivity contribution in [3.05, 3.63) is 0 Å². The summed E-state index contributed by atoms with van der Waals surface area (Å²) in [6, 6.07) is 0. The van der Waals surface area contributed by atoms with Crippen LogP contribution < -0.4 is 5.73 Å². The number of nitrogens with zero attached hydrogens (tertiary/aromatic N) is 1. The number of carbonyl (C=O) groups is 1. The van der Waals surface area contributed by atoms with Crippen molar-refractivity contribution in [1.82, 2.24) is 4.90 Å². The minimum absolute atomic E-state index is 0.0574. The lowest BCUT2D eigenvalue weighted by atomic mass is 10.2. The Morgan fingerprint density at radius 3 is 2.79 bits per heavy atom. The van der Waals surface area contributed by atoms with Gasteiger partial charge in [-0.05, 0) is 6.42 Å². The Kier molecular flexibility index (Phi) is 4.86. The Bertz CT molecular complexity index is 181. The van der Waals surface area contributed by atoms with E-state index >= 15 is 0 Å². The van der Waals surface area contributed by atoms with E-state index in [0.717, 1.165) is 26.3 Å². The summed E-state index contributed by atoms with van der Waals surface area (Å²) in [5, 5.41) is 0. The summed E-state index contributed by atoms with van der Waals surface area (Å²) in [7, 11) is 1.39. The van der Waals surface area contributed by atoms with Crippen LogP contribution in [0.25, 0.3) is 0 Å². The van der Waals surface area contributed by atoms with E-state index in [1.165, 1.54) is 7.11 Å². The zero-order chi connectivity index (χ0) is 10.4. The highest BCUT2D eigenvalue weighted by atomic mass is 16.5. The van der Waals surface area contributed by atoms with Crippen LogP contribution in [-0.2, 0) is 14.3 Å². The molecule has 14 heavy (non-hydrogen) atoms. The Hall–Kier alpha value is -0.650. The number of rotatable bonds is 4. The summed E-state index contributed by atoms with van der Waals surface area (Å²) in [6.45, 7) is 3.16. The lowest BCUT2D eigenvalue weighted by molar-refractivity contribution is -0.141. The van der Waals surface area contributed by atoms with Crippen LogP contribution in [-0.4, -0.2) is 50.4 Å². The average Bonchev–Trinajstić information content (AvgIpc) is 2.26. The highest BCUT2D eigenvalue weighted by molar-refractivity contribution is 5.69. The van der Waals surface area contributed by atoms with E-state index < -0.39 is 0 Å². The van der Waals surface area contributed by atoms with Crippen molar-refractivity contribution in [1.29, 1.82) is 0 Å². The zero-order valence-corrected chi connectivity index (χ0v) is 8.57.